The SMILES string of the molecule is CC(O)CO/N=C1\c2cc(OC3CCC(N)CC3)ccc2-c2ncnc(N)c2C1(C)C. The van der Waals surface area contributed by atoms with Crippen LogP contribution < -0.4 is 16.2 Å². The first-order valence-corrected chi connectivity index (χ1v) is 10.8. The molecule has 31 heavy (non-hydrogen) atoms. The molecule has 0 radical (unpaired) electrons. The van der Waals surface area contributed by atoms with E-state index in [0.717, 1.165) is 53.8 Å². The Balaban J connectivity index is 1.76. The van der Waals surface area contributed by atoms with Crippen LogP contribution in [0.3, 0.4) is 0 Å². The summed E-state index contributed by atoms with van der Waals surface area (Å²) in [4.78, 5) is 14.2. The van der Waals surface area contributed by atoms with Gasteiger partial charge in [0.2, 0.25) is 0 Å². The van der Waals surface area contributed by atoms with Crippen molar-refractivity contribution in [1.29, 1.82) is 0 Å². The molecule has 0 spiro atoms. The highest BCUT2D eigenvalue weighted by molar-refractivity contribution is 6.15. The minimum absolute atomic E-state index is 0.0983. The monoisotopic (exact) mass is 425 g/mol. The van der Waals surface area contributed by atoms with Gasteiger partial charge in [-0.3, -0.25) is 0 Å². The van der Waals surface area contributed by atoms with Gasteiger partial charge >= 0.3 is 0 Å². The van der Waals surface area contributed by atoms with Crippen LogP contribution in [-0.4, -0.2) is 45.6 Å². The number of anilines is 1. The third kappa shape index (κ3) is 4.22. The van der Waals surface area contributed by atoms with Crippen LogP contribution in [0.25, 0.3) is 11.3 Å². The predicted octanol–water partition coefficient (Wildman–Crippen LogP) is 2.77. The van der Waals surface area contributed by atoms with Crippen molar-refractivity contribution in [2.45, 2.75) is 70.1 Å². The zero-order chi connectivity index (χ0) is 22.2. The zero-order valence-corrected chi connectivity index (χ0v) is 18.3. The minimum Gasteiger partial charge on any atom is -0.490 e. The lowest BCUT2D eigenvalue weighted by Crippen LogP contribution is -2.36. The van der Waals surface area contributed by atoms with Gasteiger partial charge in [0.25, 0.3) is 0 Å². The lowest BCUT2D eigenvalue weighted by atomic mass is 9.70. The summed E-state index contributed by atoms with van der Waals surface area (Å²) in [6.45, 7) is 5.80. The molecule has 1 unspecified atom stereocenters. The summed E-state index contributed by atoms with van der Waals surface area (Å²) in [5.74, 6) is 1.20. The van der Waals surface area contributed by atoms with Crippen molar-refractivity contribution in [3.63, 3.8) is 0 Å². The highest BCUT2D eigenvalue weighted by atomic mass is 16.6. The Morgan fingerprint density at radius 2 is 1.94 bits per heavy atom. The molecular formula is C23H31N5O3. The van der Waals surface area contributed by atoms with Crippen molar-refractivity contribution in [1.82, 2.24) is 9.97 Å². The number of aliphatic hydroxyl groups excluding tert-OH is 1. The molecule has 0 amide bonds. The molecule has 1 saturated carbocycles. The van der Waals surface area contributed by atoms with E-state index < -0.39 is 11.5 Å². The van der Waals surface area contributed by atoms with Gasteiger partial charge in [-0.1, -0.05) is 5.16 Å². The third-order valence-corrected chi connectivity index (χ3v) is 6.09. The van der Waals surface area contributed by atoms with Crippen LogP contribution in [0.5, 0.6) is 5.75 Å². The van der Waals surface area contributed by atoms with E-state index in [1.165, 1.54) is 6.33 Å². The van der Waals surface area contributed by atoms with E-state index in [1.54, 1.807) is 6.92 Å². The number of benzene rings is 1. The summed E-state index contributed by atoms with van der Waals surface area (Å²) in [7, 11) is 0. The van der Waals surface area contributed by atoms with Crippen LogP contribution in [-0.2, 0) is 10.3 Å². The fourth-order valence-electron chi connectivity index (χ4n) is 4.45. The maximum atomic E-state index is 9.59. The maximum Gasteiger partial charge on any atom is 0.142 e. The quantitative estimate of drug-likeness (QED) is 0.628. The lowest BCUT2D eigenvalue weighted by Gasteiger charge is -2.35. The molecule has 4 rings (SSSR count). The molecule has 0 aliphatic heterocycles. The van der Waals surface area contributed by atoms with E-state index in [1.807, 2.05) is 32.0 Å². The minimum atomic E-state index is -0.622. The van der Waals surface area contributed by atoms with E-state index in [-0.39, 0.29) is 18.8 Å². The Hall–Kier alpha value is -2.71. The molecule has 1 heterocycles. The Labute approximate surface area is 182 Å². The molecule has 1 fully saturated rings. The van der Waals surface area contributed by atoms with Crippen molar-refractivity contribution >= 4 is 11.5 Å². The fourth-order valence-corrected chi connectivity index (χ4v) is 4.45. The molecule has 5 N–H and O–H groups in total. The number of hydrogen-bond acceptors (Lipinski definition) is 8. The number of nitrogens with zero attached hydrogens (tertiary/aromatic N) is 3. The van der Waals surface area contributed by atoms with Crippen LogP contribution in [0.2, 0.25) is 0 Å². The molecule has 1 atom stereocenters. The molecule has 2 aliphatic carbocycles. The average Bonchev–Trinajstić information content (AvgIpc) is 2.71. The summed E-state index contributed by atoms with van der Waals surface area (Å²) in [5, 5.41) is 14.0. The molecule has 8 nitrogen and oxygen atoms in total. The molecule has 2 aliphatic rings. The number of fused-ring (bicyclic) bond motifs is 3. The normalized spacial score (nSPS) is 24.2. The largest absolute Gasteiger partial charge is 0.490 e. The molecular weight excluding hydrogens is 394 g/mol. The van der Waals surface area contributed by atoms with Crippen LogP contribution in [0.1, 0.15) is 57.6 Å². The first kappa shape index (κ1) is 21.5. The molecule has 1 aromatic carbocycles. The lowest BCUT2D eigenvalue weighted by molar-refractivity contribution is 0.0493. The summed E-state index contributed by atoms with van der Waals surface area (Å²) in [6, 6.07) is 6.22. The maximum absolute atomic E-state index is 9.59. The summed E-state index contributed by atoms with van der Waals surface area (Å²) in [5.41, 5.74) is 15.8. The third-order valence-electron chi connectivity index (χ3n) is 6.09. The summed E-state index contributed by atoms with van der Waals surface area (Å²) < 4.78 is 6.29. The Bertz CT molecular complexity index is 981. The Kier molecular flexibility index (Phi) is 5.85. The number of oxime groups is 1. The van der Waals surface area contributed by atoms with Gasteiger partial charge in [0, 0.05) is 28.1 Å². The van der Waals surface area contributed by atoms with Crippen molar-refractivity contribution < 1.29 is 14.7 Å². The summed E-state index contributed by atoms with van der Waals surface area (Å²) >= 11 is 0. The highest BCUT2D eigenvalue weighted by Gasteiger charge is 2.41. The number of ether oxygens (including phenoxy) is 1. The van der Waals surface area contributed by atoms with Crippen LogP contribution in [0.4, 0.5) is 5.82 Å². The first-order chi connectivity index (χ1) is 14.8. The van der Waals surface area contributed by atoms with Crippen LogP contribution in [0.15, 0.2) is 29.7 Å². The van der Waals surface area contributed by atoms with E-state index in [2.05, 4.69) is 15.1 Å². The van der Waals surface area contributed by atoms with E-state index >= 15 is 0 Å². The highest BCUT2D eigenvalue weighted by Crippen LogP contribution is 2.45. The second-order valence-electron chi connectivity index (χ2n) is 9.05. The van der Waals surface area contributed by atoms with Crippen LogP contribution >= 0.6 is 0 Å². The predicted molar refractivity (Wildman–Crippen MR) is 120 cm³/mol. The van der Waals surface area contributed by atoms with E-state index in [9.17, 15) is 5.11 Å². The van der Waals surface area contributed by atoms with Crippen molar-refractivity contribution in [3.05, 3.63) is 35.7 Å². The number of aromatic nitrogens is 2. The van der Waals surface area contributed by atoms with Gasteiger partial charge in [0.15, 0.2) is 0 Å². The van der Waals surface area contributed by atoms with Gasteiger partial charge in [0.1, 0.15) is 24.5 Å². The second-order valence-corrected chi connectivity index (χ2v) is 9.05. The number of hydrogen-bond donors (Lipinski definition) is 3. The average molecular weight is 426 g/mol. The van der Waals surface area contributed by atoms with E-state index in [0.29, 0.717) is 11.5 Å². The van der Waals surface area contributed by atoms with Gasteiger partial charge < -0.3 is 26.1 Å². The first-order valence-electron chi connectivity index (χ1n) is 10.8. The Morgan fingerprint density at radius 1 is 1.19 bits per heavy atom. The van der Waals surface area contributed by atoms with Gasteiger partial charge in [-0.25, -0.2) is 9.97 Å². The number of nitrogens with two attached hydrogens (primary N) is 2. The summed E-state index contributed by atoms with van der Waals surface area (Å²) in [6.07, 6.45) is 4.88. The van der Waals surface area contributed by atoms with E-state index in [4.69, 9.17) is 21.0 Å². The fraction of sp³-hybridized carbons (Fsp3) is 0.522. The topological polar surface area (TPSA) is 129 Å². The molecule has 1 aromatic heterocycles. The molecule has 0 saturated heterocycles. The second kappa shape index (κ2) is 8.43. The number of aliphatic hydroxyl groups is 1. The molecule has 166 valence electrons. The Morgan fingerprint density at radius 3 is 2.65 bits per heavy atom. The molecule has 8 heteroatoms. The molecule has 0 bridgehead atoms. The number of nitrogen functional groups attached to an aromatic ring is 1. The van der Waals surface area contributed by atoms with Gasteiger partial charge in [0.05, 0.1) is 23.6 Å². The van der Waals surface area contributed by atoms with Gasteiger partial charge in [-0.05, 0) is 64.7 Å². The molecule has 2 aromatic rings. The van der Waals surface area contributed by atoms with Crippen molar-refractivity contribution in [2.75, 3.05) is 12.3 Å². The number of rotatable bonds is 5. The van der Waals surface area contributed by atoms with Gasteiger partial charge in [-0.2, -0.15) is 0 Å². The van der Waals surface area contributed by atoms with Crippen molar-refractivity contribution in [3.8, 4) is 17.0 Å². The standard InChI is InChI=1S/C23H31N5O3/c1-13(29)11-30-28-21-18-10-16(31-15-6-4-14(24)5-7-15)8-9-17(18)20-19(23(21,2)3)22(25)27-12-26-20/h8-10,12-15,29H,4-7,11,24H2,1-3H3,(H2,25,26,27)/b28-21+. The van der Waals surface area contributed by atoms with Crippen LogP contribution in [0, 0.1) is 0 Å². The van der Waals surface area contributed by atoms with Gasteiger partial charge in [-0.15, -0.1) is 0 Å². The zero-order valence-electron chi connectivity index (χ0n) is 18.3. The van der Waals surface area contributed by atoms with Crippen molar-refractivity contribution in [2.24, 2.45) is 10.9 Å². The smallest absolute Gasteiger partial charge is 0.142 e.